The van der Waals surface area contributed by atoms with Crippen molar-refractivity contribution in [3.63, 3.8) is 0 Å². The summed E-state index contributed by atoms with van der Waals surface area (Å²) >= 11 is 0. The van der Waals surface area contributed by atoms with Gasteiger partial charge in [0.2, 0.25) is 5.76 Å². The van der Waals surface area contributed by atoms with E-state index in [9.17, 15) is 4.79 Å². The van der Waals surface area contributed by atoms with E-state index < -0.39 is 12.3 Å². The van der Waals surface area contributed by atoms with Gasteiger partial charge in [0, 0.05) is 5.56 Å². The number of carbonyl (C=O) groups is 1. The SMILES string of the molecule is O=C(O)C1=CO[C@@H](c2ccccc2-c2ccccc2)O1. The molecule has 1 aliphatic heterocycles. The zero-order chi connectivity index (χ0) is 13.9. The van der Waals surface area contributed by atoms with Gasteiger partial charge in [0.25, 0.3) is 6.29 Å². The van der Waals surface area contributed by atoms with Crippen molar-refractivity contribution in [2.45, 2.75) is 6.29 Å². The van der Waals surface area contributed by atoms with Crippen molar-refractivity contribution in [2.24, 2.45) is 0 Å². The highest BCUT2D eigenvalue weighted by Crippen LogP contribution is 2.35. The van der Waals surface area contributed by atoms with Gasteiger partial charge in [0.1, 0.15) is 6.26 Å². The molecule has 3 rings (SSSR count). The Kier molecular flexibility index (Phi) is 3.13. The molecule has 0 amide bonds. The molecule has 1 atom stereocenters. The smallest absolute Gasteiger partial charge is 0.374 e. The fourth-order valence-electron chi connectivity index (χ4n) is 2.12. The molecule has 1 aliphatic rings. The first-order valence-corrected chi connectivity index (χ1v) is 6.15. The standard InChI is InChI=1S/C16H12O4/c17-15(18)14-10-19-16(20-14)13-9-5-4-8-12(13)11-6-2-1-3-7-11/h1-10,16H,(H,17,18)/t16-/m1/s1. The summed E-state index contributed by atoms with van der Waals surface area (Å²) in [6, 6.07) is 17.4. The maximum absolute atomic E-state index is 10.9. The summed E-state index contributed by atoms with van der Waals surface area (Å²) in [6.07, 6.45) is 0.409. The van der Waals surface area contributed by atoms with Gasteiger partial charge in [-0.1, -0.05) is 54.6 Å². The minimum atomic E-state index is -1.13. The summed E-state index contributed by atoms with van der Waals surface area (Å²) in [6.45, 7) is 0. The van der Waals surface area contributed by atoms with Crippen molar-refractivity contribution < 1.29 is 19.4 Å². The fourth-order valence-corrected chi connectivity index (χ4v) is 2.12. The molecule has 0 aromatic heterocycles. The fraction of sp³-hybridized carbons (Fsp3) is 0.0625. The van der Waals surface area contributed by atoms with Crippen LogP contribution in [0.5, 0.6) is 0 Å². The van der Waals surface area contributed by atoms with Crippen LogP contribution in [0, 0.1) is 0 Å². The summed E-state index contributed by atoms with van der Waals surface area (Å²) in [4.78, 5) is 10.9. The molecule has 100 valence electrons. The zero-order valence-electron chi connectivity index (χ0n) is 10.5. The van der Waals surface area contributed by atoms with E-state index in [2.05, 4.69) is 0 Å². The molecule has 20 heavy (non-hydrogen) atoms. The van der Waals surface area contributed by atoms with Crippen LogP contribution in [-0.4, -0.2) is 11.1 Å². The minimum Gasteiger partial charge on any atom is -0.475 e. The second-order valence-electron chi connectivity index (χ2n) is 4.33. The van der Waals surface area contributed by atoms with E-state index in [0.717, 1.165) is 23.0 Å². The van der Waals surface area contributed by atoms with Crippen LogP contribution in [0.25, 0.3) is 11.1 Å². The molecule has 0 fully saturated rings. The van der Waals surface area contributed by atoms with Crippen LogP contribution >= 0.6 is 0 Å². The lowest BCUT2D eigenvalue weighted by molar-refractivity contribution is -0.139. The Labute approximate surface area is 115 Å². The van der Waals surface area contributed by atoms with Crippen LogP contribution in [0.15, 0.2) is 66.6 Å². The molecule has 1 heterocycles. The van der Waals surface area contributed by atoms with Crippen molar-refractivity contribution in [1.29, 1.82) is 0 Å². The van der Waals surface area contributed by atoms with Gasteiger partial charge in [-0.15, -0.1) is 0 Å². The molecule has 0 saturated heterocycles. The minimum absolute atomic E-state index is 0.183. The van der Waals surface area contributed by atoms with Gasteiger partial charge in [0.15, 0.2) is 0 Å². The quantitative estimate of drug-likeness (QED) is 0.927. The highest BCUT2D eigenvalue weighted by atomic mass is 16.7. The lowest BCUT2D eigenvalue weighted by Gasteiger charge is -2.15. The predicted molar refractivity (Wildman–Crippen MR) is 72.5 cm³/mol. The Morgan fingerprint density at radius 3 is 2.40 bits per heavy atom. The Morgan fingerprint density at radius 1 is 1.00 bits per heavy atom. The second kappa shape index (κ2) is 5.09. The van der Waals surface area contributed by atoms with Crippen LogP contribution < -0.4 is 0 Å². The van der Waals surface area contributed by atoms with Crippen molar-refractivity contribution in [1.82, 2.24) is 0 Å². The summed E-state index contributed by atoms with van der Waals surface area (Å²) < 4.78 is 10.6. The number of carboxylic acid groups (broad SMARTS) is 1. The van der Waals surface area contributed by atoms with Crippen molar-refractivity contribution in [3.05, 3.63) is 72.2 Å². The molecule has 2 aromatic rings. The Morgan fingerprint density at radius 2 is 1.70 bits per heavy atom. The van der Waals surface area contributed by atoms with Crippen molar-refractivity contribution in [3.8, 4) is 11.1 Å². The van der Waals surface area contributed by atoms with E-state index in [4.69, 9.17) is 14.6 Å². The average molecular weight is 268 g/mol. The molecule has 0 saturated carbocycles. The van der Waals surface area contributed by atoms with E-state index >= 15 is 0 Å². The average Bonchev–Trinajstić information content (AvgIpc) is 2.98. The molecule has 0 aliphatic carbocycles. The Bertz CT molecular complexity index is 661. The van der Waals surface area contributed by atoms with Gasteiger partial charge in [-0.2, -0.15) is 0 Å². The van der Waals surface area contributed by atoms with E-state index in [-0.39, 0.29) is 5.76 Å². The number of hydrogen-bond donors (Lipinski definition) is 1. The van der Waals surface area contributed by atoms with Gasteiger partial charge in [-0.05, 0) is 11.1 Å². The predicted octanol–water partition coefficient (Wildman–Crippen LogP) is 3.33. The summed E-state index contributed by atoms with van der Waals surface area (Å²) in [5.74, 6) is -1.32. The third-order valence-corrected chi connectivity index (χ3v) is 3.04. The number of ether oxygens (including phenoxy) is 2. The molecule has 0 radical (unpaired) electrons. The third-order valence-electron chi connectivity index (χ3n) is 3.04. The molecule has 2 aromatic carbocycles. The van der Waals surface area contributed by atoms with Crippen LogP contribution in [0.2, 0.25) is 0 Å². The molecule has 4 heteroatoms. The van der Waals surface area contributed by atoms with Crippen LogP contribution in [0.3, 0.4) is 0 Å². The summed E-state index contributed by atoms with van der Waals surface area (Å²) in [5, 5.41) is 8.89. The molecule has 0 bridgehead atoms. The number of rotatable bonds is 3. The first-order valence-electron chi connectivity index (χ1n) is 6.15. The highest BCUT2D eigenvalue weighted by molar-refractivity contribution is 5.84. The van der Waals surface area contributed by atoms with Gasteiger partial charge >= 0.3 is 5.97 Å². The van der Waals surface area contributed by atoms with Gasteiger partial charge in [0.05, 0.1) is 0 Å². The topological polar surface area (TPSA) is 55.8 Å². The number of benzene rings is 2. The van der Waals surface area contributed by atoms with Crippen LogP contribution in [0.1, 0.15) is 11.9 Å². The lowest BCUT2D eigenvalue weighted by Crippen LogP contribution is -2.05. The van der Waals surface area contributed by atoms with E-state index in [1.165, 1.54) is 0 Å². The van der Waals surface area contributed by atoms with Crippen molar-refractivity contribution >= 4 is 5.97 Å². The number of carboxylic acids is 1. The van der Waals surface area contributed by atoms with Gasteiger partial charge in [-0.25, -0.2) is 4.79 Å². The maximum atomic E-state index is 10.9. The van der Waals surface area contributed by atoms with E-state index in [1.807, 2.05) is 54.6 Å². The largest absolute Gasteiger partial charge is 0.475 e. The monoisotopic (exact) mass is 268 g/mol. The van der Waals surface area contributed by atoms with Crippen LogP contribution in [-0.2, 0) is 14.3 Å². The number of aliphatic carboxylic acids is 1. The van der Waals surface area contributed by atoms with E-state index in [1.54, 1.807) is 0 Å². The molecule has 4 nitrogen and oxygen atoms in total. The molecule has 1 N–H and O–H groups in total. The number of hydrogen-bond acceptors (Lipinski definition) is 3. The first-order chi connectivity index (χ1) is 9.75. The van der Waals surface area contributed by atoms with E-state index in [0.29, 0.717) is 0 Å². The highest BCUT2D eigenvalue weighted by Gasteiger charge is 2.27. The van der Waals surface area contributed by atoms with Crippen molar-refractivity contribution in [2.75, 3.05) is 0 Å². The first kappa shape index (κ1) is 12.3. The normalized spacial score (nSPS) is 17.0. The summed E-state index contributed by atoms with van der Waals surface area (Å²) in [5.41, 5.74) is 2.78. The Balaban J connectivity index is 1.95. The molecule has 0 unspecified atom stereocenters. The van der Waals surface area contributed by atoms with Gasteiger partial charge < -0.3 is 14.6 Å². The second-order valence-corrected chi connectivity index (χ2v) is 4.33. The third kappa shape index (κ3) is 2.23. The maximum Gasteiger partial charge on any atom is 0.374 e. The zero-order valence-corrected chi connectivity index (χ0v) is 10.5. The Hall–Kier alpha value is -2.75. The molecular weight excluding hydrogens is 256 g/mol. The lowest BCUT2D eigenvalue weighted by atomic mass is 9.99. The van der Waals surface area contributed by atoms with Gasteiger partial charge in [-0.3, -0.25) is 0 Å². The molecular formula is C16H12O4. The van der Waals surface area contributed by atoms with Crippen LogP contribution in [0.4, 0.5) is 0 Å². The summed E-state index contributed by atoms with van der Waals surface area (Å²) in [7, 11) is 0. The molecule has 0 spiro atoms.